The summed E-state index contributed by atoms with van der Waals surface area (Å²) in [6.45, 7) is 0. The van der Waals surface area contributed by atoms with Gasteiger partial charge in [-0.15, -0.1) is 15.0 Å². The molecule has 3 rings (SSSR count). The Kier molecular flexibility index (Phi) is 6.81. The van der Waals surface area contributed by atoms with Crippen LogP contribution < -0.4 is 10.3 Å². The smallest absolute Gasteiger partial charge is 0.266 e. The standard InChI is InChI=1S/C17H15Cl2N5O3S2/c1-24-10-20-22-17(24)28-9-11-5-7-12(8-6-11)16(25)21-23-29(26,27)15-13(18)3-2-4-14(15)19/h2-8,10,23H,9H2,1H3,(H,21,25). The van der Waals surface area contributed by atoms with Crippen molar-refractivity contribution in [2.45, 2.75) is 15.8 Å². The first kappa shape index (κ1) is 21.6. The molecular formula is C17H15Cl2N5O3S2. The minimum atomic E-state index is -4.14. The maximum absolute atomic E-state index is 12.4. The van der Waals surface area contributed by atoms with Gasteiger partial charge < -0.3 is 4.57 Å². The quantitative estimate of drug-likeness (QED) is 0.405. The summed E-state index contributed by atoms with van der Waals surface area (Å²) in [5.41, 5.74) is 3.41. The number of benzene rings is 2. The zero-order valence-electron chi connectivity index (χ0n) is 15.0. The van der Waals surface area contributed by atoms with Crippen LogP contribution in [0.1, 0.15) is 15.9 Å². The summed E-state index contributed by atoms with van der Waals surface area (Å²) in [6, 6.07) is 11.0. The highest BCUT2D eigenvalue weighted by atomic mass is 35.5. The fraction of sp³-hybridized carbons (Fsp3) is 0.118. The first-order chi connectivity index (χ1) is 13.8. The number of aryl methyl sites for hydroxylation is 1. The number of aromatic nitrogens is 3. The molecule has 0 saturated heterocycles. The fourth-order valence-electron chi connectivity index (χ4n) is 2.28. The van der Waals surface area contributed by atoms with E-state index in [1.54, 1.807) is 30.6 Å². The molecule has 1 heterocycles. The zero-order chi connectivity index (χ0) is 21.0. The number of hydrogen-bond acceptors (Lipinski definition) is 6. The van der Waals surface area contributed by atoms with Crippen molar-refractivity contribution in [2.24, 2.45) is 7.05 Å². The van der Waals surface area contributed by atoms with Gasteiger partial charge in [0, 0.05) is 18.4 Å². The van der Waals surface area contributed by atoms with Gasteiger partial charge in [0.15, 0.2) is 5.16 Å². The molecule has 0 bridgehead atoms. The van der Waals surface area contributed by atoms with E-state index in [1.165, 1.54) is 30.0 Å². The molecule has 0 aliphatic carbocycles. The van der Waals surface area contributed by atoms with Crippen molar-refractivity contribution in [3.63, 3.8) is 0 Å². The first-order valence-corrected chi connectivity index (χ1v) is 11.3. The van der Waals surface area contributed by atoms with E-state index in [-0.39, 0.29) is 20.5 Å². The minimum Gasteiger partial charge on any atom is -0.312 e. The topological polar surface area (TPSA) is 106 Å². The molecule has 0 radical (unpaired) electrons. The van der Waals surface area contributed by atoms with E-state index in [0.29, 0.717) is 5.75 Å². The molecular weight excluding hydrogens is 457 g/mol. The Morgan fingerprint density at radius 2 is 1.79 bits per heavy atom. The van der Waals surface area contributed by atoms with Crippen molar-refractivity contribution in [1.82, 2.24) is 25.0 Å². The van der Waals surface area contributed by atoms with Gasteiger partial charge in [-0.05, 0) is 29.8 Å². The summed E-state index contributed by atoms with van der Waals surface area (Å²) in [7, 11) is -2.28. The lowest BCUT2D eigenvalue weighted by Crippen LogP contribution is -2.41. The number of hydrazine groups is 1. The second kappa shape index (κ2) is 9.14. The number of carbonyl (C=O) groups is 1. The number of nitrogens with zero attached hydrogens (tertiary/aromatic N) is 3. The summed E-state index contributed by atoms with van der Waals surface area (Å²) < 4.78 is 26.6. The van der Waals surface area contributed by atoms with E-state index in [4.69, 9.17) is 23.2 Å². The highest BCUT2D eigenvalue weighted by Gasteiger charge is 2.22. The normalized spacial score (nSPS) is 11.4. The van der Waals surface area contributed by atoms with Gasteiger partial charge in [0.1, 0.15) is 11.2 Å². The van der Waals surface area contributed by atoms with Crippen LogP contribution in [-0.2, 0) is 22.8 Å². The third kappa shape index (κ3) is 5.28. The Labute approximate surface area is 181 Å². The number of carbonyl (C=O) groups excluding carboxylic acids is 1. The molecule has 1 amide bonds. The van der Waals surface area contributed by atoms with Crippen LogP contribution in [0.25, 0.3) is 0 Å². The molecule has 3 aromatic rings. The lowest BCUT2D eigenvalue weighted by molar-refractivity contribution is 0.0945. The number of sulfonamides is 1. The monoisotopic (exact) mass is 471 g/mol. The van der Waals surface area contributed by atoms with Crippen molar-refractivity contribution < 1.29 is 13.2 Å². The van der Waals surface area contributed by atoms with E-state index >= 15 is 0 Å². The summed E-state index contributed by atoms with van der Waals surface area (Å²) in [4.78, 5) is 14.0. The average molecular weight is 472 g/mol. The number of nitrogens with one attached hydrogen (secondary N) is 2. The van der Waals surface area contributed by atoms with Gasteiger partial charge >= 0.3 is 0 Å². The van der Waals surface area contributed by atoms with Crippen LogP contribution in [-0.4, -0.2) is 29.1 Å². The summed E-state index contributed by atoms with van der Waals surface area (Å²) in [5.74, 6) is 0.0238. The fourth-order valence-corrected chi connectivity index (χ4v) is 5.11. The van der Waals surface area contributed by atoms with Gasteiger partial charge in [0.05, 0.1) is 10.0 Å². The van der Waals surface area contributed by atoms with Crippen LogP contribution in [0.5, 0.6) is 0 Å². The van der Waals surface area contributed by atoms with E-state index in [0.717, 1.165) is 10.7 Å². The Hall–Kier alpha value is -2.11. The van der Waals surface area contributed by atoms with E-state index in [1.807, 2.05) is 16.4 Å². The van der Waals surface area contributed by atoms with Gasteiger partial charge in [-0.1, -0.05) is 53.2 Å². The van der Waals surface area contributed by atoms with Crippen LogP contribution in [0.15, 0.2) is 58.8 Å². The number of halogens is 2. The number of amides is 1. The molecule has 29 heavy (non-hydrogen) atoms. The van der Waals surface area contributed by atoms with Gasteiger partial charge in [0.2, 0.25) is 0 Å². The summed E-state index contributed by atoms with van der Waals surface area (Å²) in [5, 5.41) is 8.47. The molecule has 8 nitrogen and oxygen atoms in total. The van der Waals surface area contributed by atoms with Crippen molar-refractivity contribution in [3.8, 4) is 0 Å². The van der Waals surface area contributed by atoms with Crippen molar-refractivity contribution in [2.75, 3.05) is 0 Å². The number of thioether (sulfide) groups is 1. The molecule has 0 unspecified atom stereocenters. The highest BCUT2D eigenvalue weighted by molar-refractivity contribution is 7.98. The molecule has 0 atom stereocenters. The van der Waals surface area contributed by atoms with E-state index < -0.39 is 15.9 Å². The summed E-state index contributed by atoms with van der Waals surface area (Å²) >= 11 is 13.3. The van der Waals surface area contributed by atoms with Crippen molar-refractivity contribution in [1.29, 1.82) is 0 Å². The van der Waals surface area contributed by atoms with Gasteiger partial charge in [-0.3, -0.25) is 10.2 Å². The van der Waals surface area contributed by atoms with E-state index in [2.05, 4.69) is 15.6 Å². The van der Waals surface area contributed by atoms with Gasteiger partial charge in [-0.25, -0.2) is 8.42 Å². The largest absolute Gasteiger partial charge is 0.312 e. The van der Waals surface area contributed by atoms with Crippen LogP contribution in [0, 0.1) is 0 Å². The van der Waals surface area contributed by atoms with Crippen LogP contribution in [0.2, 0.25) is 10.0 Å². The molecule has 0 aliphatic heterocycles. The predicted molar refractivity (Wildman–Crippen MR) is 111 cm³/mol. The van der Waals surface area contributed by atoms with Crippen molar-refractivity contribution >= 4 is 50.9 Å². The number of hydrogen-bond donors (Lipinski definition) is 2. The molecule has 2 aromatic carbocycles. The molecule has 0 aliphatic rings. The lowest BCUT2D eigenvalue weighted by Gasteiger charge is -2.11. The third-order valence-electron chi connectivity index (χ3n) is 3.74. The van der Waals surface area contributed by atoms with Crippen LogP contribution in [0.4, 0.5) is 0 Å². The zero-order valence-corrected chi connectivity index (χ0v) is 18.1. The molecule has 0 spiro atoms. The molecule has 0 saturated carbocycles. The number of rotatable bonds is 7. The van der Waals surface area contributed by atoms with Gasteiger partial charge in [0.25, 0.3) is 15.9 Å². The van der Waals surface area contributed by atoms with Crippen LogP contribution in [0.3, 0.4) is 0 Å². The second-order valence-electron chi connectivity index (χ2n) is 5.82. The molecule has 152 valence electrons. The average Bonchev–Trinajstić information content (AvgIpc) is 3.09. The highest BCUT2D eigenvalue weighted by Crippen LogP contribution is 2.28. The Morgan fingerprint density at radius 1 is 1.14 bits per heavy atom. The van der Waals surface area contributed by atoms with Crippen molar-refractivity contribution in [3.05, 3.63) is 70.0 Å². The maximum Gasteiger partial charge on any atom is 0.266 e. The molecule has 12 heteroatoms. The molecule has 1 aromatic heterocycles. The Morgan fingerprint density at radius 3 is 2.38 bits per heavy atom. The maximum atomic E-state index is 12.4. The third-order valence-corrected chi connectivity index (χ3v) is 7.05. The Bertz CT molecular complexity index is 1110. The lowest BCUT2D eigenvalue weighted by atomic mass is 10.1. The first-order valence-electron chi connectivity index (χ1n) is 8.10. The van der Waals surface area contributed by atoms with Gasteiger partial charge in [-0.2, -0.15) is 0 Å². The predicted octanol–water partition coefficient (Wildman–Crippen LogP) is 3.04. The molecule has 0 fully saturated rings. The molecule has 2 N–H and O–H groups in total. The Balaban J connectivity index is 1.61. The minimum absolute atomic E-state index is 0.0518. The van der Waals surface area contributed by atoms with E-state index in [9.17, 15) is 13.2 Å². The summed E-state index contributed by atoms with van der Waals surface area (Å²) in [6.07, 6.45) is 1.62. The van der Waals surface area contributed by atoms with Crippen LogP contribution >= 0.6 is 35.0 Å². The second-order valence-corrected chi connectivity index (χ2v) is 9.20. The SMILES string of the molecule is Cn1cnnc1SCc1ccc(C(=O)NNS(=O)(=O)c2c(Cl)cccc2Cl)cc1.